The summed E-state index contributed by atoms with van der Waals surface area (Å²) in [6.07, 6.45) is 4.84. The summed E-state index contributed by atoms with van der Waals surface area (Å²) >= 11 is 0. The van der Waals surface area contributed by atoms with E-state index in [1.807, 2.05) is 24.3 Å². The highest BCUT2D eigenvalue weighted by Gasteiger charge is 2.15. The average molecular weight is 247 g/mol. The lowest BCUT2D eigenvalue weighted by Crippen LogP contribution is -2.21. The first-order valence-corrected chi connectivity index (χ1v) is 6.49. The second kappa shape index (κ2) is 6.45. The van der Waals surface area contributed by atoms with Crippen LogP contribution in [0.5, 0.6) is 5.75 Å². The van der Waals surface area contributed by atoms with E-state index in [1.54, 1.807) is 0 Å². The van der Waals surface area contributed by atoms with E-state index in [-0.39, 0.29) is 0 Å². The maximum absolute atomic E-state index is 5.93. The summed E-state index contributed by atoms with van der Waals surface area (Å²) in [5.41, 5.74) is 7.67. The smallest absolute Gasteiger partial charge is 0.122 e. The molecule has 0 aliphatic carbocycles. The van der Waals surface area contributed by atoms with Crippen LogP contribution in [-0.2, 0) is 11.2 Å². The minimum atomic E-state index is 0.605. The topological polar surface area (TPSA) is 44.5 Å². The molecule has 98 valence electrons. The minimum Gasteiger partial charge on any atom is -0.493 e. The minimum absolute atomic E-state index is 0.605. The predicted molar refractivity (Wildman–Crippen MR) is 73.8 cm³/mol. The SMILES string of the molecule is C=CCc1cc(N)ccc1OCC1CCOCC1. The first-order valence-electron chi connectivity index (χ1n) is 6.49. The van der Waals surface area contributed by atoms with Gasteiger partial charge in [0.25, 0.3) is 0 Å². The molecule has 0 amide bonds. The van der Waals surface area contributed by atoms with Gasteiger partial charge in [0, 0.05) is 18.9 Å². The van der Waals surface area contributed by atoms with Crippen molar-refractivity contribution in [1.82, 2.24) is 0 Å². The molecule has 0 bridgehead atoms. The van der Waals surface area contributed by atoms with Crippen LogP contribution < -0.4 is 10.5 Å². The third-order valence-electron chi connectivity index (χ3n) is 3.26. The highest BCUT2D eigenvalue weighted by atomic mass is 16.5. The molecule has 1 aromatic carbocycles. The Labute approximate surface area is 109 Å². The van der Waals surface area contributed by atoms with E-state index in [0.29, 0.717) is 5.92 Å². The van der Waals surface area contributed by atoms with Crippen LogP contribution in [0, 0.1) is 5.92 Å². The number of hydrogen-bond donors (Lipinski definition) is 1. The van der Waals surface area contributed by atoms with Crippen molar-refractivity contribution in [3.63, 3.8) is 0 Å². The second-order valence-corrected chi connectivity index (χ2v) is 4.73. The van der Waals surface area contributed by atoms with E-state index in [2.05, 4.69) is 6.58 Å². The molecule has 0 atom stereocenters. The molecule has 0 saturated carbocycles. The lowest BCUT2D eigenvalue weighted by atomic mass is 10.0. The highest BCUT2D eigenvalue weighted by Crippen LogP contribution is 2.24. The van der Waals surface area contributed by atoms with Crippen molar-refractivity contribution in [3.8, 4) is 5.75 Å². The van der Waals surface area contributed by atoms with Crippen LogP contribution in [0.3, 0.4) is 0 Å². The zero-order valence-electron chi connectivity index (χ0n) is 10.7. The third kappa shape index (κ3) is 3.50. The molecule has 1 aliphatic heterocycles. The summed E-state index contributed by atoms with van der Waals surface area (Å²) in [5.74, 6) is 1.53. The fourth-order valence-corrected chi connectivity index (χ4v) is 2.18. The van der Waals surface area contributed by atoms with Crippen LogP contribution >= 0.6 is 0 Å². The standard InChI is InChI=1S/C15H21NO2/c1-2-3-13-10-14(16)4-5-15(13)18-11-12-6-8-17-9-7-12/h2,4-5,10,12H,1,3,6-9,11,16H2. The molecule has 0 aromatic heterocycles. The maximum atomic E-state index is 5.93. The zero-order valence-corrected chi connectivity index (χ0v) is 10.7. The molecule has 0 spiro atoms. The maximum Gasteiger partial charge on any atom is 0.122 e. The lowest BCUT2D eigenvalue weighted by Gasteiger charge is -2.22. The Morgan fingerprint density at radius 2 is 2.17 bits per heavy atom. The van der Waals surface area contributed by atoms with Gasteiger partial charge in [-0.2, -0.15) is 0 Å². The molecule has 3 heteroatoms. The van der Waals surface area contributed by atoms with Crippen molar-refractivity contribution in [3.05, 3.63) is 36.4 Å². The van der Waals surface area contributed by atoms with Crippen molar-refractivity contribution in [2.24, 2.45) is 5.92 Å². The molecule has 2 N–H and O–H groups in total. The zero-order chi connectivity index (χ0) is 12.8. The van der Waals surface area contributed by atoms with E-state index in [0.717, 1.165) is 56.1 Å². The number of hydrogen-bond acceptors (Lipinski definition) is 3. The molecular weight excluding hydrogens is 226 g/mol. The monoisotopic (exact) mass is 247 g/mol. The summed E-state index contributed by atoms with van der Waals surface area (Å²) in [6, 6.07) is 5.79. The fraction of sp³-hybridized carbons (Fsp3) is 0.467. The summed E-state index contributed by atoms with van der Waals surface area (Å²) in [4.78, 5) is 0. The van der Waals surface area contributed by atoms with Gasteiger partial charge in [-0.05, 0) is 48.9 Å². The number of ether oxygens (including phenoxy) is 2. The Morgan fingerprint density at radius 3 is 2.89 bits per heavy atom. The van der Waals surface area contributed by atoms with Crippen LogP contribution in [0.15, 0.2) is 30.9 Å². The van der Waals surface area contributed by atoms with Gasteiger partial charge in [-0.15, -0.1) is 6.58 Å². The van der Waals surface area contributed by atoms with Crippen molar-refractivity contribution < 1.29 is 9.47 Å². The summed E-state index contributed by atoms with van der Waals surface area (Å²) < 4.78 is 11.3. The molecule has 1 aliphatic rings. The Hall–Kier alpha value is -1.48. The molecule has 0 unspecified atom stereocenters. The average Bonchev–Trinajstić information content (AvgIpc) is 2.39. The van der Waals surface area contributed by atoms with Gasteiger partial charge in [-0.1, -0.05) is 6.08 Å². The first kappa shape index (κ1) is 13.0. The van der Waals surface area contributed by atoms with Gasteiger partial charge >= 0.3 is 0 Å². The van der Waals surface area contributed by atoms with Crippen LogP contribution in [0.1, 0.15) is 18.4 Å². The van der Waals surface area contributed by atoms with E-state index in [9.17, 15) is 0 Å². The Balaban J connectivity index is 1.96. The Morgan fingerprint density at radius 1 is 1.39 bits per heavy atom. The van der Waals surface area contributed by atoms with Gasteiger partial charge in [0.15, 0.2) is 0 Å². The second-order valence-electron chi connectivity index (χ2n) is 4.73. The Kier molecular flexibility index (Phi) is 4.65. The third-order valence-corrected chi connectivity index (χ3v) is 3.26. The summed E-state index contributed by atoms with van der Waals surface area (Å²) in [7, 11) is 0. The Bertz CT molecular complexity index is 397. The largest absolute Gasteiger partial charge is 0.493 e. The van der Waals surface area contributed by atoms with Gasteiger partial charge < -0.3 is 15.2 Å². The lowest BCUT2D eigenvalue weighted by molar-refractivity contribution is 0.0496. The number of allylic oxidation sites excluding steroid dienone is 1. The van der Waals surface area contributed by atoms with Gasteiger partial charge in [0.2, 0.25) is 0 Å². The first-order chi connectivity index (χ1) is 8.79. The van der Waals surface area contributed by atoms with Gasteiger partial charge in [-0.3, -0.25) is 0 Å². The van der Waals surface area contributed by atoms with Crippen LogP contribution in [0.4, 0.5) is 5.69 Å². The van der Waals surface area contributed by atoms with Gasteiger partial charge in [0.05, 0.1) is 6.61 Å². The molecule has 1 heterocycles. The molecule has 1 saturated heterocycles. The highest BCUT2D eigenvalue weighted by molar-refractivity contribution is 5.48. The van der Waals surface area contributed by atoms with Crippen molar-refractivity contribution in [2.75, 3.05) is 25.6 Å². The van der Waals surface area contributed by atoms with Gasteiger partial charge in [-0.25, -0.2) is 0 Å². The summed E-state index contributed by atoms with van der Waals surface area (Å²) in [6.45, 7) is 6.24. The van der Waals surface area contributed by atoms with Crippen LogP contribution in [0.25, 0.3) is 0 Å². The molecular formula is C15H21NO2. The van der Waals surface area contributed by atoms with E-state index >= 15 is 0 Å². The van der Waals surface area contributed by atoms with E-state index in [1.165, 1.54) is 0 Å². The molecule has 3 nitrogen and oxygen atoms in total. The predicted octanol–water partition coefficient (Wildman–Crippen LogP) is 2.80. The van der Waals surface area contributed by atoms with Crippen LogP contribution in [0.2, 0.25) is 0 Å². The van der Waals surface area contributed by atoms with Crippen molar-refractivity contribution in [1.29, 1.82) is 0 Å². The molecule has 18 heavy (non-hydrogen) atoms. The van der Waals surface area contributed by atoms with Crippen molar-refractivity contribution >= 4 is 5.69 Å². The number of nitrogens with two attached hydrogens (primary N) is 1. The molecule has 1 fully saturated rings. The van der Waals surface area contributed by atoms with Gasteiger partial charge in [0.1, 0.15) is 5.75 Å². The number of rotatable bonds is 5. The fourth-order valence-electron chi connectivity index (χ4n) is 2.18. The van der Waals surface area contributed by atoms with E-state index < -0.39 is 0 Å². The molecule has 2 rings (SSSR count). The molecule has 1 aromatic rings. The number of benzene rings is 1. The number of anilines is 1. The van der Waals surface area contributed by atoms with E-state index in [4.69, 9.17) is 15.2 Å². The number of nitrogen functional groups attached to an aromatic ring is 1. The van der Waals surface area contributed by atoms with Crippen molar-refractivity contribution in [2.45, 2.75) is 19.3 Å². The summed E-state index contributed by atoms with van der Waals surface area (Å²) in [5, 5.41) is 0. The normalized spacial score (nSPS) is 16.4. The quantitative estimate of drug-likeness (QED) is 0.642. The van der Waals surface area contributed by atoms with Crippen LogP contribution in [-0.4, -0.2) is 19.8 Å². The molecule has 0 radical (unpaired) electrons.